The number of nitrogens with one attached hydrogen (secondary N) is 2. The first kappa shape index (κ1) is 8.50. The van der Waals surface area contributed by atoms with Crippen molar-refractivity contribution in [1.82, 2.24) is 15.5 Å². The number of aromatic nitrogens is 2. The van der Waals surface area contributed by atoms with Crippen LogP contribution in [0, 0.1) is 12.8 Å². The molecule has 1 aliphatic heterocycles. The van der Waals surface area contributed by atoms with Gasteiger partial charge in [0.05, 0.1) is 0 Å². The Morgan fingerprint density at radius 1 is 1.62 bits per heavy atom. The van der Waals surface area contributed by atoms with Gasteiger partial charge in [-0.05, 0) is 25.4 Å². The highest BCUT2D eigenvalue weighted by Crippen LogP contribution is 2.09. The minimum Gasteiger partial charge on any atom is -0.408 e. The summed E-state index contributed by atoms with van der Waals surface area (Å²) in [5, 5.41) is 14.0. The Morgan fingerprint density at radius 2 is 2.54 bits per heavy atom. The Bertz CT molecular complexity index is 267. The highest BCUT2D eigenvalue weighted by Gasteiger charge is 2.14. The molecule has 72 valence electrons. The molecule has 2 rings (SSSR count). The van der Waals surface area contributed by atoms with Gasteiger partial charge in [-0.1, -0.05) is 5.10 Å². The SMILES string of the molecule is Cc1nnc(NCC2CCNC2)o1. The zero-order valence-corrected chi connectivity index (χ0v) is 7.71. The van der Waals surface area contributed by atoms with Crippen LogP contribution in [0.25, 0.3) is 0 Å². The second-order valence-electron chi connectivity index (χ2n) is 3.37. The molecule has 0 saturated carbocycles. The van der Waals surface area contributed by atoms with Gasteiger partial charge < -0.3 is 15.1 Å². The van der Waals surface area contributed by atoms with Crippen LogP contribution in [0.3, 0.4) is 0 Å². The molecule has 0 radical (unpaired) electrons. The van der Waals surface area contributed by atoms with Gasteiger partial charge >= 0.3 is 6.01 Å². The van der Waals surface area contributed by atoms with Crippen LogP contribution >= 0.6 is 0 Å². The fraction of sp³-hybridized carbons (Fsp3) is 0.750. The van der Waals surface area contributed by atoms with Crippen molar-refractivity contribution in [3.63, 3.8) is 0 Å². The maximum absolute atomic E-state index is 5.19. The average Bonchev–Trinajstić information content (AvgIpc) is 2.71. The predicted molar refractivity (Wildman–Crippen MR) is 48.5 cm³/mol. The molecule has 0 bridgehead atoms. The minimum absolute atomic E-state index is 0.532. The van der Waals surface area contributed by atoms with Gasteiger partial charge in [-0.25, -0.2) is 0 Å². The predicted octanol–water partition coefficient (Wildman–Crippen LogP) is 0.399. The molecule has 2 N–H and O–H groups in total. The molecule has 1 aromatic rings. The van der Waals surface area contributed by atoms with Crippen molar-refractivity contribution in [2.24, 2.45) is 5.92 Å². The Labute approximate surface area is 76.9 Å². The van der Waals surface area contributed by atoms with Gasteiger partial charge in [-0.2, -0.15) is 0 Å². The first-order chi connectivity index (χ1) is 6.34. The number of rotatable bonds is 3. The third kappa shape index (κ3) is 2.18. The quantitative estimate of drug-likeness (QED) is 0.708. The van der Waals surface area contributed by atoms with Crippen molar-refractivity contribution in [2.75, 3.05) is 25.0 Å². The summed E-state index contributed by atoms with van der Waals surface area (Å²) in [5.74, 6) is 1.29. The van der Waals surface area contributed by atoms with Gasteiger partial charge in [0.15, 0.2) is 0 Å². The molecule has 5 nitrogen and oxygen atoms in total. The molecular weight excluding hydrogens is 168 g/mol. The Hall–Kier alpha value is -1.10. The summed E-state index contributed by atoms with van der Waals surface area (Å²) in [4.78, 5) is 0. The zero-order valence-electron chi connectivity index (χ0n) is 7.71. The lowest BCUT2D eigenvalue weighted by Crippen LogP contribution is -2.17. The van der Waals surface area contributed by atoms with Crippen molar-refractivity contribution < 1.29 is 4.42 Å². The van der Waals surface area contributed by atoms with Gasteiger partial charge in [0.2, 0.25) is 5.89 Å². The molecule has 1 atom stereocenters. The van der Waals surface area contributed by atoms with Gasteiger partial charge in [0, 0.05) is 13.5 Å². The van der Waals surface area contributed by atoms with E-state index in [4.69, 9.17) is 4.42 Å². The van der Waals surface area contributed by atoms with Crippen molar-refractivity contribution in [3.8, 4) is 0 Å². The highest BCUT2D eigenvalue weighted by atomic mass is 16.4. The van der Waals surface area contributed by atoms with Crippen LogP contribution in [0.5, 0.6) is 0 Å². The highest BCUT2D eigenvalue weighted by molar-refractivity contribution is 5.16. The molecule has 0 aliphatic carbocycles. The van der Waals surface area contributed by atoms with E-state index >= 15 is 0 Å². The topological polar surface area (TPSA) is 63.0 Å². The van der Waals surface area contributed by atoms with Gasteiger partial charge in [0.25, 0.3) is 0 Å². The third-order valence-corrected chi connectivity index (χ3v) is 2.23. The molecule has 0 spiro atoms. The summed E-state index contributed by atoms with van der Waals surface area (Å²) >= 11 is 0. The summed E-state index contributed by atoms with van der Waals surface area (Å²) < 4.78 is 5.19. The van der Waals surface area contributed by atoms with Crippen LogP contribution in [-0.4, -0.2) is 29.8 Å². The maximum atomic E-state index is 5.19. The van der Waals surface area contributed by atoms with E-state index in [1.165, 1.54) is 6.42 Å². The molecular formula is C8H14N4O. The lowest BCUT2D eigenvalue weighted by Gasteiger charge is -2.06. The summed E-state index contributed by atoms with van der Waals surface area (Å²) in [6.45, 7) is 4.90. The monoisotopic (exact) mass is 182 g/mol. The van der Waals surface area contributed by atoms with Crippen LogP contribution in [0.4, 0.5) is 6.01 Å². The first-order valence-electron chi connectivity index (χ1n) is 4.59. The smallest absolute Gasteiger partial charge is 0.315 e. The van der Waals surface area contributed by atoms with E-state index in [-0.39, 0.29) is 0 Å². The second-order valence-corrected chi connectivity index (χ2v) is 3.37. The van der Waals surface area contributed by atoms with Crippen LogP contribution in [0.15, 0.2) is 4.42 Å². The van der Waals surface area contributed by atoms with Gasteiger partial charge in [-0.3, -0.25) is 0 Å². The fourth-order valence-corrected chi connectivity index (χ4v) is 1.49. The normalized spacial score (nSPS) is 22.1. The average molecular weight is 182 g/mol. The van der Waals surface area contributed by atoms with Crippen LogP contribution in [-0.2, 0) is 0 Å². The van der Waals surface area contributed by atoms with Crippen LogP contribution in [0.2, 0.25) is 0 Å². The molecule has 13 heavy (non-hydrogen) atoms. The Balaban J connectivity index is 1.78. The van der Waals surface area contributed by atoms with E-state index in [0.717, 1.165) is 19.6 Å². The van der Waals surface area contributed by atoms with E-state index in [0.29, 0.717) is 17.8 Å². The van der Waals surface area contributed by atoms with Crippen molar-refractivity contribution in [1.29, 1.82) is 0 Å². The molecule has 1 unspecified atom stereocenters. The Morgan fingerprint density at radius 3 is 3.15 bits per heavy atom. The lowest BCUT2D eigenvalue weighted by molar-refractivity contribution is 0.520. The molecule has 1 aromatic heterocycles. The van der Waals surface area contributed by atoms with Crippen molar-refractivity contribution in [2.45, 2.75) is 13.3 Å². The van der Waals surface area contributed by atoms with Gasteiger partial charge in [-0.15, -0.1) is 5.10 Å². The van der Waals surface area contributed by atoms with Crippen molar-refractivity contribution in [3.05, 3.63) is 5.89 Å². The number of aryl methyl sites for hydroxylation is 1. The molecule has 1 fully saturated rings. The second kappa shape index (κ2) is 3.74. The fourth-order valence-electron chi connectivity index (χ4n) is 1.49. The van der Waals surface area contributed by atoms with E-state index in [1.807, 2.05) is 0 Å². The number of anilines is 1. The maximum Gasteiger partial charge on any atom is 0.315 e. The molecule has 0 aromatic carbocycles. The summed E-state index contributed by atoms with van der Waals surface area (Å²) in [5.41, 5.74) is 0. The molecule has 1 aliphatic rings. The first-order valence-corrected chi connectivity index (χ1v) is 4.59. The Kier molecular flexibility index (Phi) is 2.44. The third-order valence-electron chi connectivity index (χ3n) is 2.23. The number of nitrogens with zero attached hydrogens (tertiary/aromatic N) is 2. The summed E-state index contributed by atoms with van der Waals surface area (Å²) in [6.07, 6.45) is 1.22. The zero-order chi connectivity index (χ0) is 9.10. The van der Waals surface area contributed by atoms with E-state index < -0.39 is 0 Å². The molecule has 0 amide bonds. The van der Waals surface area contributed by atoms with E-state index in [1.54, 1.807) is 6.92 Å². The molecule has 1 saturated heterocycles. The molecule has 2 heterocycles. The van der Waals surface area contributed by atoms with Gasteiger partial charge in [0.1, 0.15) is 0 Å². The molecule has 5 heteroatoms. The number of hydrogen-bond acceptors (Lipinski definition) is 5. The minimum atomic E-state index is 0.532. The number of hydrogen-bond donors (Lipinski definition) is 2. The van der Waals surface area contributed by atoms with E-state index in [9.17, 15) is 0 Å². The van der Waals surface area contributed by atoms with Crippen LogP contribution < -0.4 is 10.6 Å². The largest absolute Gasteiger partial charge is 0.408 e. The summed E-state index contributed by atoms with van der Waals surface area (Å²) in [6, 6.07) is 0.532. The summed E-state index contributed by atoms with van der Waals surface area (Å²) in [7, 11) is 0. The lowest BCUT2D eigenvalue weighted by atomic mass is 10.1. The van der Waals surface area contributed by atoms with E-state index in [2.05, 4.69) is 20.8 Å². The van der Waals surface area contributed by atoms with Crippen LogP contribution in [0.1, 0.15) is 12.3 Å². The standard InChI is InChI=1S/C8H14N4O/c1-6-11-12-8(13-6)10-5-7-2-3-9-4-7/h7,9H,2-5H2,1H3,(H,10,12). The van der Waals surface area contributed by atoms with Crippen molar-refractivity contribution >= 4 is 6.01 Å².